The topological polar surface area (TPSA) is 75.6 Å². The number of rotatable bonds is 6. The second kappa shape index (κ2) is 12.7. The number of ether oxygens (including phenoxy) is 3. The summed E-state index contributed by atoms with van der Waals surface area (Å²) in [5.41, 5.74) is 0.789. The van der Waals surface area contributed by atoms with Gasteiger partial charge in [0.1, 0.15) is 0 Å². The number of hydrogen-bond donors (Lipinski definition) is 1. The standard InChI is InChI=1S/C19H27F3N4O4.HI/c1-4-29-18(27)26-9-7-25(8-10-26)17(23-2)24-12-14-5-6-15(16(11-14)28-3)30-13-19(20,21)22;/h5-6,11H,4,7-10,12-13H2,1-3H3,(H,23,24);1H. The number of nitrogens with one attached hydrogen (secondary N) is 1. The minimum atomic E-state index is -4.42. The normalized spacial score (nSPS) is 14.6. The highest BCUT2D eigenvalue weighted by atomic mass is 127. The molecule has 31 heavy (non-hydrogen) atoms. The maximum absolute atomic E-state index is 12.4. The summed E-state index contributed by atoms with van der Waals surface area (Å²) in [5, 5.41) is 3.22. The molecule has 12 heteroatoms. The van der Waals surface area contributed by atoms with Gasteiger partial charge in [0.25, 0.3) is 0 Å². The number of amides is 1. The minimum Gasteiger partial charge on any atom is -0.493 e. The molecule has 1 heterocycles. The quantitative estimate of drug-likeness (QED) is 0.328. The Hall–Kier alpha value is -2.12. The van der Waals surface area contributed by atoms with E-state index in [0.717, 1.165) is 5.56 Å². The molecule has 1 fully saturated rings. The second-order valence-corrected chi connectivity index (χ2v) is 6.46. The van der Waals surface area contributed by atoms with Crippen molar-refractivity contribution in [2.24, 2.45) is 4.99 Å². The van der Waals surface area contributed by atoms with Crippen LogP contribution in [0.3, 0.4) is 0 Å². The van der Waals surface area contributed by atoms with E-state index in [1.165, 1.54) is 13.2 Å². The van der Waals surface area contributed by atoms with Gasteiger partial charge in [-0.05, 0) is 24.6 Å². The zero-order valence-electron chi connectivity index (χ0n) is 17.7. The molecule has 0 unspecified atom stereocenters. The molecule has 0 spiro atoms. The molecule has 1 aromatic rings. The van der Waals surface area contributed by atoms with Gasteiger partial charge >= 0.3 is 12.3 Å². The van der Waals surface area contributed by atoms with Crippen molar-refractivity contribution in [2.45, 2.75) is 19.6 Å². The number of aliphatic imine (C=N–C) groups is 1. The van der Waals surface area contributed by atoms with Gasteiger partial charge in [-0.25, -0.2) is 4.79 Å². The summed E-state index contributed by atoms with van der Waals surface area (Å²) in [6.07, 6.45) is -4.74. The number of nitrogens with zero attached hydrogens (tertiary/aromatic N) is 3. The Morgan fingerprint density at radius 1 is 1.16 bits per heavy atom. The van der Waals surface area contributed by atoms with Crippen LogP contribution in [0.15, 0.2) is 23.2 Å². The van der Waals surface area contributed by atoms with Crippen LogP contribution in [0, 0.1) is 0 Å². The molecule has 0 aromatic heterocycles. The first-order chi connectivity index (χ1) is 14.3. The molecule has 1 aromatic carbocycles. The molecule has 8 nitrogen and oxygen atoms in total. The van der Waals surface area contributed by atoms with Gasteiger partial charge < -0.3 is 29.3 Å². The Morgan fingerprint density at radius 3 is 2.35 bits per heavy atom. The first-order valence-electron chi connectivity index (χ1n) is 9.51. The van der Waals surface area contributed by atoms with Gasteiger partial charge in [0.05, 0.1) is 13.7 Å². The molecule has 176 valence electrons. The summed E-state index contributed by atoms with van der Waals surface area (Å²) in [7, 11) is 3.03. The van der Waals surface area contributed by atoms with Crippen molar-refractivity contribution < 1.29 is 32.2 Å². The van der Waals surface area contributed by atoms with Gasteiger partial charge in [-0.3, -0.25) is 4.99 Å². The lowest BCUT2D eigenvalue weighted by atomic mass is 10.2. The molecule has 1 aliphatic heterocycles. The van der Waals surface area contributed by atoms with Gasteiger partial charge in [-0.1, -0.05) is 6.07 Å². The summed E-state index contributed by atoms with van der Waals surface area (Å²) in [6, 6.07) is 4.72. The van der Waals surface area contributed by atoms with Gasteiger partial charge in [0.2, 0.25) is 0 Å². The molecule has 0 saturated carbocycles. The lowest BCUT2D eigenvalue weighted by molar-refractivity contribution is -0.153. The first kappa shape index (κ1) is 26.9. The number of halogens is 4. The zero-order valence-corrected chi connectivity index (χ0v) is 20.0. The monoisotopic (exact) mass is 560 g/mol. The largest absolute Gasteiger partial charge is 0.493 e. The number of methoxy groups -OCH3 is 1. The number of guanidine groups is 1. The maximum atomic E-state index is 12.4. The fourth-order valence-corrected chi connectivity index (χ4v) is 2.93. The zero-order chi connectivity index (χ0) is 22.1. The average Bonchev–Trinajstić information content (AvgIpc) is 2.73. The van der Waals surface area contributed by atoms with E-state index in [1.807, 2.05) is 4.90 Å². The molecular formula is C19H28F3IN4O4. The van der Waals surface area contributed by atoms with E-state index >= 15 is 0 Å². The van der Waals surface area contributed by atoms with Crippen LogP contribution in [0.4, 0.5) is 18.0 Å². The number of hydrogen-bond acceptors (Lipinski definition) is 5. The van der Waals surface area contributed by atoms with Crippen LogP contribution in [0.25, 0.3) is 0 Å². The fourth-order valence-electron chi connectivity index (χ4n) is 2.93. The summed E-state index contributed by atoms with van der Waals surface area (Å²) < 4.78 is 52.0. The number of alkyl halides is 3. The fraction of sp³-hybridized carbons (Fsp3) is 0.579. The minimum absolute atomic E-state index is 0. The predicted octanol–water partition coefficient (Wildman–Crippen LogP) is 3.10. The third-order valence-electron chi connectivity index (χ3n) is 4.39. The molecule has 1 aliphatic rings. The summed E-state index contributed by atoms with van der Waals surface area (Å²) in [6.45, 7) is 3.37. The Morgan fingerprint density at radius 2 is 1.81 bits per heavy atom. The molecule has 1 amide bonds. The van der Waals surface area contributed by atoms with Crippen LogP contribution in [-0.2, 0) is 11.3 Å². The maximum Gasteiger partial charge on any atom is 0.422 e. The molecule has 0 atom stereocenters. The van der Waals surface area contributed by atoms with Crippen molar-refractivity contribution >= 4 is 36.0 Å². The van der Waals surface area contributed by atoms with E-state index in [1.54, 1.807) is 31.0 Å². The highest BCUT2D eigenvalue weighted by molar-refractivity contribution is 14.0. The van der Waals surface area contributed by atoms with Gasteiger partial charge in [0.15, 0.2) is 24.1 Å². The van der Waals surface area contributed by atoms with E-state index in [4.69, 9.17) is 14.2 Å². The number of carbonyl (C=O) groups is 1. The SMILES string of the molecule is CCOC(=O)N1CCN(C(=NC)NCc2ccc(OCC(F)(F)F)c(OC)c2)CC1.I. The smallest absolute Gasteiger partial charge is 0.422 e. The van der Waals surface area contributed by atoms with Crippen LogP contribution in [0.2, 0.25) is 0 Å². The Kier molecular flexibility index (Phi) is 11.0. The first-order valence-corrected chi connectivity index (χ1v) is 9.51. The summed E-state index contributed by atoms with van der Waals surface area (Å²) >= 11 is 0. The van der Waals surface area contributed by atoms with Crippen molar-refractivity contribution in [3.63, 3.8) is 0 Å². The van der Waals surface area contributed by atoms with E-state index in [2.05, 4.69) is 10.3 Å². The van der Waals surface area contributed by atoms with Crippen LogP contribution in [0.1, 0.15) is 12.5 Å². The van der Waals surface area contributed by atoms with E-state index in [0.29, 0.717) is 45.3 Å². The predicted molar refractivity (Wildman–Crippen MR) is 120 cm³/mol. The van der Waals surface area contributed by atoms with E-state index < -0.39 is 12.8 Å². The van der Waals surface area contributed by atoms with Gasteiger partial charge in [0, 0.05) is 39.8 Å². The van der Waals surface area contributed by atoms with Crippen molar-refractivity contribution in [3.05, 3.63) is 23.8 Å². The highest BCUT2D eigenvalue weighted by Gasteiger charge is 2.29. The Bertz CT molecular complexity index is 741. The Labute approximate surface area is 196 Å². The molecule has 2 rings (SSSR count). The molecule has 0 aliphatic carbocycles. The van der Waals surface area contributed by atoms with Crippen LogP contribution in [-0.4, -0.2) is 81.6 Å². The lowest BCUT2D eigenvalue weighted by Gasteiger charge is -2.35. The van der Waals surface area contributed by atoms with Crippen molar-refractivity contribution in [2.75, 3.05) is 53.6 Å². The van der Waals surface area contributed by atoms with Crippen LogP contribution < -0.4 is 14.8 Å². The summed E-state index contributed by atoms with van der Waals surface area (Å²) in [4.78, 5) is 19.7. The molecular weight excluding hydrogens is 532 g/mol. The van der Waals surface area contributed by atoms with Gasteiger partial charge in [-0.15, -0.1) is 24.0 Å². The van der Waals surface area contributed by atoms with E-state index in [-0.39, 0.29) is 41.6 Å². The molecule has 0 bridgehead atoms. The number of carbonyl (C=O) groups excluding carboxylic acids is 1. The second-order valence-electron chi connectivity index (χ2n) is 6.46. The third kappa shape index (κ3) is 8.50. The molecule has 1 N–H and O–H groups in total. The van der Waals surface area contributed by atoms with Crippen molar-refractivity contribution in [3.8, 4) is 11.5 Å². The molecule has 0 radical (unpaired) electrons. The van der Waals surface area contributed by atoms with Gasteiger partial charge in [-0.2, -0.15) is 13.2 Å². The van der Waals surface area contributed by atoms with Crippen LogP contribution >= 0.6 is 24.0 Å². The van der Waals surface area contributed by atoms with Crippen molar-refractivity contribution in [1.82, 2.24) is 15.1 Å². The van der Waals surface area contributed by atoms with E-state index in [9.17, 15) is 18.0 Å². The van der Waals surface area contributed by atoms with Crippen LogP contribution in [0.5, 0.6) is 11.5 Å². The highest BCUT2D eigenvalue weighted by Crippen LogP contribution is 2.29. The third-order valence-corrected chi connectivity index (χ3v) is 4.39. The number of piperazine rings is 1. The average molecular weight is 560 g/mol. The van der Waals surface area contributed by atoms with Crippen molar-refractivity contribution in [1.29, 1.82) is 0 Å². The Balaban J connectivity index is 0.00000480. The lowest BCUT2D eigenvalue weighted by Crippen LogP contribution is -2.53. The number of benzene rings is 1. The summed E-state index contributed by atoms with van der Waals surface area (Å²) in [5.74, 6) is 0.907. The molecule has 1 saturated heterocycles.